The highest BCUT2D eigenvalue weighted by molar-refractivity contribution is 5.85. The van der Waals surface area contributed by atoms with Crippen LogP contribution in [0.5, 0.6) is 0 Å². The summed E-state index contributed by atoms with van der Waals surface area (Å²) in [4.78, 5) is 12.8. The van der Waals surface area contributed by atoms with E-state index in [1.165, 1.54) is 19.3 Å². The molecule has 0 saturated heterocycles. The third kappa shape index (κ3) is 3.63. The van der Waals surface area contributed by atoms with E-state index in [0.29, 0.717) is 30.0 Å². The zero-order chi connectivity index (χ0) is 24.4. The Kier molecular flexibility index (Phi) is 6.35. The molecule has 4 aliphatic rings. The highest BCUT2D eigenvalue weighted by Gasteiger charge is 2.65. The third-order valence-electron chi connectivity index (χ3n) is 11.5. The summed E-state index contributed by atoms with van der Waals surface area (Å²) in [6.07, 6.45) is 12.1. The lowest BCUT2D eigenvalue weighted by molar-refractivity contribution is -0.146. The van der Waals surface area contributed by atoms with Crippen molar-refractivity contribution in [1.29, 1.82) is 0 Å². The van der Waals surface area contributed by atoms with Gasteiger partial charge in [0.25, 0.3) is 0 Å². The first kappa shape index (κ1) is 25.2. The van der Waals surface area contributed by atoms with Crippen molar-refractivity contribution in [2.45, 2.75) is 106 Å². The first-order valence-corrected chi connectivity index (χ1v) is 13.5. The van der Waals surface area contributed by atoms with Gasteiger partial charge in [-0.25, -0.2) is 0 Å². The Hall–Kier alpha value is -0.930. The van der Waals surface area contributed by atoms with Gasteiger partial charge in [0, 0.05) is 18.4 Å². The fraction of sp³-hybridized carbons (Fsp3) is 0.833. The van der Waals surface area contributed by atoms with E-state index in [0.717, 1.165) is 31.3 Å². The zero-order valence-electron chi connectivity index (χ0n) is 22.2. The molecule has 2 N–H and O–H groups in total. The van der Waals surface area contributed by atoms with Crippen molar-refractivity contribution in [3.63, 3.8) is 0 Å². The molecule has 3 fully saturated rings. The largest absolute Gasteiger partial charge is 0.396 e. The lowest BCUT2D eigenvalue weighted by Crippen LogP contribution is -2.57. The molecule has 4 rings (SSSR count). The summed E-state index contributed by atoms with van der Waals surface area (Å²) in [5.41, 5.74) is 3.08. The highest BCUT2D eigenvalue weighted by atomic mass is 16.3. The van der Waals surface area contributed by atoms with Gasteiger partial charge in [0.15, 0.2) is 0 Å². The smallest absolute Gasteiger partial charge is 0.138 e. The average Bonchev–Trinajstić information content (AvgIpc) is 3.00. The van der Waals surface area contributed by atoms with Crippen LogP contribution in [0.15, 0.2) is 23.3 Å². The minimum atomic E-state index is -0.477. The maximum atomic E-state index is 12.8. The predicted molar refractivity (Wildman–Crippen MR) is 135 cm³/mol. The number of carbonyl (C=O) groups is 1. The summed E-state index contributed by atoms with van der Waals surface area (Å²) in [5, 5.41) is 21.0. The Bertz CT molecular complexity index is 849. The quantitative estimate of drug-likeness (QED) is 0.465. The predicted octanol–water partition coefficient (Wildman–Crippen LogP) is 6.49. The second-order valence-corrected chi connectivity index (χ2v) is 13.6. The maximum absolute atomic E-state index is 12.8. The minimum absolute atomic E-state index is 0.137. The topological polar surface area (TPSA) is 57.5 Å². The number of Topliss-reactive ketones (excluding diaryl/α,β-unsaturated/α-hetero) is 1. The second kappa shape index (κ2) is 8.33. The summed E-state index contributed by atoms with van der Waals surface area (Å²) < 4.78 is 0. The fourth-order valence-corrected chi connectivity index (χ4v) is 9.44. The molecule has 186 valence electrons. The van der Waals surface area contributed by atoms with E-state index in [2.05, 4.69) is 40.7 Å². The van der Waals surface area contributed by atoms with Crippen LogP contribution in [0, 0.1) is 45.3 Å². The van der Waals surface area contributed by atoms with Gasteiger partial charge in [0.05, 0.1) is 6.10 Å². The summed E-state index contributed by atoms with van der Waals surface area (Å²) in [6.45, 7) is 16.1. The molecule has 0 bridgehead atoms. The van der Waals surface area contributed by atoms with E-state index < -0.39 is 6.10 Å². The Morgan fingerprint density at radius 2 is 1.82 bits per heavy atom. The number of aliphatic hydroxyl groups is 2. The van der Waals surface area contributed by atoms with Gasteiger partial charge in [-0.3, -0.25) is 4.79 Å². The van der Waals surface area contributed by atoms with Crippen LogP contribution in [0.2, 0.25) is 0 Å². The molecule has 0 aromatic carbocycles. The molecule has 0 radical (unpaired) electrons. The van der Waals surface area contributed by atoms with Crippen molar-refractivity contribution in [2.24, 2.45) is 45.3 Å². The molecule has 8 atom stereocenters. The first-order valence-electron chi connectivity index (χ1n) is 13.5. The molecule has 0 unspecified atom stereocenters. The molecule has 0 aromatic rings. The number of fused-ring (bicyclic) bond motifs is 5. The van der Waals surface area contributed by atoms with Crippen LogP contribution < -0.4 is 0 Å². The van der Waals surface area contributed by atoms with Crippen molar-refractivity contribution in [3.8, 4) is 0 Å². The number of hydrogen-bond acceptors (Lipinski definition) is 3. The van der Waals surface area contributed by atoms with Gasteiger partial charge >= 0.3 is 0 Å². The Morgan fingerprint density at radius 1 is 1.12 bits per heavy atom. The molecular formula is C30H48O3. The van der Waals surface area contributed by atoms with Crippen molar-refractivity contribution in [1.82, 2.24) is 0 Å². The van der Waals surface area contributed by atoms with Crippen LogP contribution in [0.3, 0.4) is 0 Å². The number of rotatable bonds is 5. The molecule has 0 heterocycles. The SMILES string of the molecule is CC(C)=C[C@H](O)C[C@@H](CO)[C@@H]1CC[C@]2(C)C3=CC[C@@H]4C(C)(C)C(=O)CC[C@]4(C)[C@H]3CC[C@@]12C. The normalized spacial score (nSPS) is 43.6. The van der Waals surface area contributed by atoms with Gasteiger partial charge in [-0.15, -0.1) is 0 Å². The van der Waals surface area contributed by atoms with Crippen molar-refractivity contribution in [2.75, 3.05) is 6.61 Å². The van der Waals surface area contributed by atoms with E-state index >= 15 is 0 Å². The molecule has 4 aliphatic carbocycles. The Morgan fingerprint density at radius 3 is 2.45 bits per heavy atom. The van der Waals surface area contributed by atoms with E-state index in [1.807, 2.05) is 19.9 Å². The molecule has 3 nitrogen and oxygen atoms in total. The number of carbonyl (C=O) groups excluding carboxylic acids is 1. The van der Waals surface area contributed by atoms with Gasteiger partial charge in [0.2, 0.25) is 0 Å². The summed E-state index contributed by atoms with van der Waals surface area (Å²) in [5.74, 6) is 2.04. The van der Waals surface area contributed by atoms with E-state index in [4.69, 9.17) is 0 Å². The van der Waals surface area contributed by atoms with E-state index in [1.54, 1.807) is 5.57 Å². The Balaban J connectivity index is 1.65. The number of allylic oxidation sites excluding steroid dienone is 3. The first-order chi connectivity index (χ1) is 15.3. The van der Waals surface area contributed by atoms with Crippen LogP contribution in [-0.2, 0) is 4.79 Å². The zero-order valence-corrected chi connectivity index (χ0v) is 22.2. The van der Waals surface area contributed by atoms with Crippen LogP contribution in [-0.4, -0.2) is 28.7 Å². The lowest BCUT2D eigenvalue weighted by atomic mass is 9.41. The molecule has 3 heteroatoms. The van der Waals surface area contributed by atoms with E-state index in [9.17, 15) is 15.0 Å². The average molecular weight is 457 g/mol. The maximum Gasteiger partial charge on any atom is 0.138 e. The third-order valence-corrected chi connectivity index (χ3v) is 11.5. The molecule has 33 heavy (non-hydrogen) atoms. The van der Waals surface area contributed by atoms with E-state index in [-0.39, 0.29) is 34.2 Å². The second-order valence-electron chi connectivity index (χ2n) is 13.6. The van der Waals surface area contributed by atoms with Gasteiger partial charge in [-0.2, -0.15) is 0 Å². The van der Waals surface area contributed by atoms with Gasteiger partial charge in [-0.1, -0.05) is 57.9 Å². The molecule has 0 amide bonds. The number of hydrogen-bond donors (Lipinski definition) is 2. The van der Waals surface area contributed by atoms with Gasteiger partial charge in [-0.05, 0) is 98.7 Å². The van der Waals surface area contributed by atoms with Crippen LogP contribution in [0.1, 0.15) is 99.8 Å². The summed E-state index contributed by atoms with van der Waals surface area (Å²) in [7, 11) is 0. The van der Waals surface area contributed by atoms with Gasteiger partial charge in [0.1, 0.15) is 5.78 Å². The van der Waals surface area contributed by atoms with Crippen molar-refractivity contribution >= 4 is 5.78 Å². The highest BCUT2D eigenvalue weighted by Crippen LogP contribution is 2.73. The van der Waals surface area contributed by atoms with Crippen LogP contribution in [0.4, 0.5) is 0 Å². The number of aliphatic hydroxyl groups excluding tert-OH is 2. The fourth-order valence-electron chi connectivity index (χ4n) is 9.44. The Labute approximate surface area is 202 Å². The number of ketones is 1. The summed E-state index contributed by atoms with van der Waals surface area (Å²) >= 11 is 0. The monoisotopic (exact) mass is 456 g/mol. The minimum Gasteiger partial charge on any atom is -0.396 e. The molecule has 0 aromatic heterocycles. The lowest BCUT2D eigenvalue weighted by Gasteiger charge is -2.63. The summed E-state index contributed by atoms with van der Waals surface area (Å²) in [6, 6.07) is 0. The van der Waals surface area contributed by atoms with Crippen LogP contribution >= 0.6 is 0 Å². The molecule has 0 spiro atoms. The molecular weight excluding hydrogens is 408 g/mol. The van der Waals surface area contributed by atoms with Gasteiger partial charge < -0.3 is 10.2 Å². The van der Waals surface area contributed by atoms with Crippen molar-refractivity contribution < 1.29 is 15.0 Å². The van der Waals surface area contributed by atoms with Crippen LogP contribution in [0.25, 0.3) is 0 Å². The standard InChI is InChI=1S/C30H48O3/c1-19(2)16-21(32)17-20(18-31)22-10-14-30(7)24-8-9-25-27(3,4)26(33)12-13-28(25,5)23(24)11-15-29(22,30)6/h8,16,20-23,25,31-32H,9-15,17-18H2,1-7H3/t20-,21-,22-,23-,25+,28+,29-,30+/m0/s1. The van der Waals surface area contributed by atoms with Crippen molar-refractivity contribution in [3.05, 3.63) is 23.3 Å². The molecule has 3 saturated carbocycles. The molecule has 0 aliphatic heterocycles.